The lowest BCUT2D eigenvalue weighted by molar-refractivity contribution is -0.143. The number of amides is 1. The summed E-state index contributed by atoms with van der Waals surface area (Å²) in [6.45, 7) is 1.42. The predicted molar refractivity (Wildman–Crippen MR) is 132 cm³/mol. The molecule has 1 N–H and O–H groups in total. The maximum atomic E-state index is 14.6. The van der Waals surface area contributed by atoms with E-state index >= 15 is 0 Å². The molecular weight excluding hydrogens is 472 g/mol. The molecule has 0 fully saturated rings. The van der Waals surface area contributed by atoms with Crippen LogP contribution in [0.25, 0.3) is 0 Å². The van der Waals surface area contributed by atoms with Crippen molar-refractivity contribution >= 4 is 28.9 Å². The van der Waals surface area contributed by atoms with E-state index in [-0.39, 0.29) is 23.6 Å². The molecule has 2 atom stereocenters. The Bertz CT molecular complexity index is 1240. The van der Waals surface area contributed by atoms with Crippen molar-refractivity contribution in [2.45, 2.75) is 24.3 Å². The highest BCUT2D eigenvalue weighted by atomic mass is 32.2. The Morgan fingerprint density at radius 1 is 1.14 bits per heavy atom. The fourth-order valence-corrected chi connectivity index (χ4v) is 4.99. The van der Waals surface area contributed by atoms with Crippen molar-refractivity contribution in [1.29, 1.82) is 0 Å². The molecule has 1 amide bonds. The van der Waals surface area contributed by atoms with Gasteiger partial charge in [-0.15, -0.1) is 0 Å². The Kier molecular flexibility index (Phi) is 7.57. The van der Waals surface area contributed by atoms with Gasteiger partial charge in [0.2, 0.25) is 0 Å². The zero-order chi connectivity index (χ0) is 24.8. The highest BCUT2D eigenvalue weighted by molar-refractivity contribution is 8.15. The van der Waals surface area contributed by atoms with Gasteiger partial charge in [0.25, 0.3) is 5.91 Å². The van der Waals surface area contributed by atoms with Gasteiger partial charge in [0.1, 0.15) is 34.3 Å². The first-order valence-electron chi connectivity index (χ1n) is 10.9. The predicted octanol–water partition coefficient (Wildman–Crippen LogP) is 4.88. The van der Waals surface area contributed by atoms with Crippen LogP contribution in [0.5, 0.6) is 0 Å². The van der Waals surface area contributed by atoms with Crippen molar-refractivity contribution in [1.82, 2.24) is 5.01 Å². The van der Waals surface area contributed by atoms with Gasteiger partial charge in [-0.25, -0.2) is 13.8 Å². The van der Waals surface area contributed by atoms with Crippen LogP contribution in [-0.2, 0) is 14.5 Å². The Morgan fingerprint density at radius 2 is 1.83 bits per heavy atom. The summed E-state index contributed by atoms with van der Waals surface area (Å²) < 4.78 is 28.6. The Hall–Kier alpha value is -3.56. The molecule has 0 saturated heterocycles. The molecular formula is C26H23F2N3O3S. The number of carbonyl (C=O) groups excluding carboxylic acids is 1. The van der Waals surface area contributed by atoms with Gasteiger partial charge in [0.05, 0.1) is 6.21 Å². The van der Waals surface area contributed by atoms with Crippen molar-refractivity contribution in [2.75, 3.05) is 6.61 Å². The van der Waals surface area contributed by atoms with E-state index in [2.05, 4.69) is 10.3 Å². The summed E-state index contributed by atoms with van der Waals surface area (Å²) in [7, 11) is 0. The number of carbonyl (C=O) groups is 1. The number of benzene rings is 3. The molecule has 180 valence electrons. The van der Waals surface area contributed by atoms with Gasteiger partial charge in [-0.3, -0.25) is 4.79 Å². The third kappa shape index (κ3) is 5.41. The molecule has 6 nitrogen and oxygen atoms in total. The number of hydrazone groups is 1. The van der Waals surface area contributed by atoms with E-state index in [4.69, 9.17) is 4.84 Å². The summed E-state index contributed by atoms with van der Waals surface area (Å²) in [5, 5.41) is 19.7. The number of oxime groups is 1. The lowest BCUT2D eigenvalue weighted by Crippen LogP contribution is -2.45. The van der Waals surface area contributed by atoms with Crippen molar-refractivity contribution < 1.29 is 23.5 Å². The van der Waals surface area contributed by atoms with Crippen LogP contribution in [0, 0.1) is 11.6 Å². The third-order valence-corrected chi connectivity index (χ3v) is 6.80. The van der Waals surface area contributed by atoms with Crippen LogP contribution in [0.2, 0.25) is 0 Å². The molecule has 0 spiro atoms. The third-order valence-electron chi connectivity index (χ3n) is 5.36. The van der Waals surface area contributed by atoms with E-state index in [0.29, 0.717) is 5.56 Å². The molecule has 0 bridgehead atoms. The van der Waals surface area contributed by atoms with Crippen molar-refractivity contribution in [3.63, 3.8) is 0 Å². The van der Waals surface area contributed by atoms with E-state index in [9.17, 15) is 18.7 Å². The summed E-state index contributed by atoms with van der Waals surface area (Å²) in [5.41, 5.74) is 1.48. The fourth-order valence-electron chi connectivity index (χ4n) is 3.62. The second-order valence-corrected chi connectivity index (χ2v) is 9.10. The molecule has 3 aromatic carbocycles. The molecule has 3 aromatic rings. The van der Waals surface area contributed by atoms with E-state index in [1.165, 1.54) is 6.92 Å². The quantitative estimate of drug-likeness (QED) is 0.275. The van der Waals surface area contributed by atoms with Gasteiger partial charge in [-0.2, -0.15) is 5.10 Å². The normalized spacial score (nSPS) is 18.5. The number of aliphatic hydroxyl groups is 1. The number of thioether (sulfide) groups is 1. The van der Waals surface area contributed by atoms with Crippen LogP contribution < -0.4 is 0 Å². The van der Waals surface area contributed by atoms with Gasteiger partial charge in [0, 0.05) is 12.0 Å². The number of nitrogens with zero attached hydrogens (tertiary/aromatic N) is 3. The molecule has 0 aromatic heterocycles. The molecule has 0 radical (unpaired) electrons. The van der Waals surface area contributed by atoms with Gasteiger partial charge in [-0.05, 0) is 36.2 Å². The highest BCUT2D eigenvalue weighted by Gasteiger charge is 2.49. The number of halogens is 2. The standard InChI is InChI=1S/C26H23F2N3O3S/c1-18(32)25(33)31-26(20-10-6-3-7-11-20,14-15-34-29-17-19-8-4-2-5-9-19)35-24(30-31)22-16-21(27)12-13-23(22)28/h2-13,16-18,32H,14-15H2,1H3/b29-17+/t18-,26?/m0/s1. The van der Waals surface area contributed by atoms with Crippen LogP contribution in [0.3, 0.4) is 0 Å². The molecule has 35 heavy (non-hydrogen) atoms. The highest BCUT2D eigenvalue weighted by Crippen LogP contribution is 2.50. The lowest BCUT2D eigenvalue weighted by atomic mass is 10.0. The summed E-state index contributed by atoms with van der Waals surface area (Å²) in [5.74, 6) is -1.98. The van der Waals surface area contributed by atoms with Gasteiger partial charge in [0.15, 0.2) is 0 Å². The van der Waals surface area contributed by atoms with Crippen LogP contribution in [0.4, 0.5) is 8.78 Å². The Balaban J connectivity index is 1.67. The molecule has 9 heteroatoms. The van der Waals surface area contributed by atoms with Gasteiger partial charge >= 0.3 is 0 Å². The molecule has 4 rings (SSSR count). The molecule has 1 aliphatic heterocycles. The van der Waals surface area contributed by atoms with Crippen molar-refractivity contribution in [3.05, 3.63) is 107 Å². The largest absolute Gasteiger partial charge is 0.396 e. The second-order valence-electron chi connectivity index (χ2n) is 7.84. The van der Waals surface area contributed by atoms with Gasteiger partial charge in [-0.1, -0.05) is 77.6 Å². The summed E-state index contributed by atoms with van der Waals surface area (Å²) in [4.78, 5) is 17.4. The number of rotatable bonds is 8. The van der Waals surface area contributed by atoms with Crippen LogP contribution in [0.15, 0.2) is 89.1 Å². The SMILES string of the molecule is C[C@H](O)C(=O)N1N=C(c2cc(F)ccc2F)SC1(CCO/N=C/c1ccccc1)c1ccccc1. The smallest absolute Gasteiger partial charge is 0.272 e. The van der Waals surface area contributed by atoms with E-state index in [0.717, 1.165) is 40.5 Å². The molecule has 1 aliphatic rings. The summed E-state index contributed by atoms with van der Waals surface area (Å²) in [6, 6.07) is 21.5. The molecule has 0 saturated carbocycles. The Labute approximate surface area is 205 Å². The second kappa shape index (κ2) is 10.8. The minimum atomic E-state index is -1.36. The minimum Gasteiger partial charge on any atom is -0.396 e. The number of aliphatic hydroxyl groups excluding tert-OH is 1. The fraction of sp³-hybridized carbons (Fsp3) is 0.192. The van der Waals surface area contributed by atoms with Crippen molar-refractivity contribution in [2.24, 2.45) is 10.3 Å². The minimum absolute atomic E-state index is 0.0702. The first-order chi connectivity index (χ1) is 16.9. The first-order valence-corrected chi connectivity index (χ1v) is 11.7. The Morgan fingerprint density at radius 3 is 2.51 bits per heavy atom. The molecule has 0 aliphatic carbocycles. The van der Waals surface area contributed by atoms with Crippen LogP contribution in [-0.4, -0.2) is 40.0 Å². The van der Waals surface area contributed by atoms with Crippen LogP contribution >= 0.6 is 11.8 Å². The number of hydrogen-bond acceptors (Lipinski definition) is 6. The van der Waals surface area contributed by atoms with E-state index in [1.54, 1.807) is 18.3 Å². The first kappa shape index (κ1) is 24.6. The monoisotopic (exact) mass is 495 g/mol. The van der Waals surface area contributed by atoms with Crippen LogP contribution in [0.1, 0.15) is 30.0 Å². The molecule has 1 unspecified atom stereocenters. The lowest BCUT2D eigenvalue weighted by Gasteiger charge is -2.36. The molecule has 1 heterocycles. The van der Waals surface area contributed by atoms with Crippen molar-refractivity contribution in [3.8, 4) is 0 Å². The van der Waals surface area contributed by atoms with E-state index in [1.807, 2.05) is 48.5 Å². The maximum absolute atomic E-state index is 14.6. The maximum Gasteiger partial charge on any atom is 0.272 e. The zero-order valence-corrected chi connectivity index (χ0v) is 19.7. The van der Waals surface area contributed by atoms with E-state index < -0.39 is 28.5 Å². The average Bonchev–Trinajstić information content (AvgIpc) is 3.26. The summed E-state index contributed by atoms with van der Waals surface area (Å²) >= 11 is 1.10. The zero-order valence-electron chi connectivity index (χ0n) is 18.8. The number of hydrogen-bond donors (Lipinski definition) is 1. The average molecular weight is 496 g/mol. The summed E-state index contributed by atoms with van der Waals surface area (Å²) in [6.07, 6.45) is 0.409. The van der Waals surface area contributed by atoms with Gasteiger partial charge < -0.3 is 9.94 Å². The topological polar surface area (TPSA) is 74.5 Å².